The summed E-state index contributed by atoms with van der Waals surface area (Å²) in [6.45, 7) is 2.59. The van der Waals surface area contributed by atoms with Gasteiger partial charge in [-0.25, -0.2) is 10.2 Å². The molecule has 13 nitrogen and oxygen atoms in total. The van der Waals surface area contributed by atoms with Crippen LogP contribution < -0.4 is 24.4 Å². The molecule has 1 N–H and O–H groups in total. The van der Waals surface area contributed by atoms with Crippen molar-refractivity contribution in [2.24, 2.45) is 11.0 Å². The first kappa shape index (κ1) is 44.1. The Hall–Kier alpha value is -6.51. The standard InChI is InChI=1S/C49H47ClN4O9S/c1-49(45(54-40(55)26-41(54)64-49)48(58)63-43(33-10-6-4-7-11-33)34-12-8-5-9-13-34)30-51-52-46(56)35-24-25-53(27-35)47(57)38-22-23-39(61-28-31-14-18-36(59-2)19-15-31)44(42(38)50)62-29-32-16-20-37(60-3)21-17-32/h4-23,30,35,41,43,45H,24-29H2,1-3H3,(H,52,56)/b51-30+/t35?,41-,45+,49?/m1/s1. The molecular formula is C49H47ClN4O9S. The van der Waals surface area contributed by atoms with E-state index >= 15 is 0 Å². The zero-order valence-electron chi connectivity index (χ0n) is 35.5. The maximum Gasteiger partial charge on any atom is 0.331 e. The fourth-order valence-electron chi connectivity index (χ4n) is 8.01. The Bertz CT molecular complexity index is 2470. The Morgan fingerprint density at radius 3 is 2.02 bits per heavy atom. The molecule has 15 heteroatoms. The molecule has 2 unspecified atom stereocenters. The van der Waals surface area contributed by atoms with E-state index in [9.17, 15) is 19.2 Å². The van der Waals surface area contributed by atoms with E-state index in [-0.39, 0.29) is 65.6 Å². The number of methoxy groups -OCH3 is 2. The van der Waals surface area contributed by atoms with Crippen molar-refractivity contribution in [1.82, 2.24) is 15.2 Å². The van der Waals surface area contributed by atoms with Gasteiger partial charge in [-0.15, -0.1) is 11.8 Å². The van der Waals surface area contributed by atoms with Crippen molar-refractivity contribution >= 4 is 53.3 Å². The number of nitrogens with one attached hydrogen (secondary N) is 1. The fourth-order valence-corrected chi connectivity index (χ4v) is 9.92. The lowest BCUT2D eigenvalue weighted by Gasteiger charge is -2.37. The highest BCUT2D eigenvalue weighted by Crippen LogP contribution is 2.51. The molecule has 8 rings (SSSR count). The molecule has 0 aromatic heterocycles. The van der Waals surface area contributed by atoms with Gasteiger partial charge < -0.3 is 33.5 Å². The molecule has 4 atom stereocenters. The summed E-state index contributed by atoms with van der Waals surface area (Å²) in [5.74, 6) is -0.0587. The van der Waals surface area contributed by atoms with Crippen LogP contribution in [0.2, 0.25) is 5.02 Å². The van der Waals surface area contributed by atoms with Gasteiger partial charge in [0.25, 0.3) is 5.91 Å². The Kier molecular flexibility index (Phi) is 13.4. The lowest BCUT2D eigenvalue weighted by Crippen LogP contribution is -2.58. The second kappa shape index (κ2) is 19.5. The summed E-state index contributed by atoms with van der Waals surface area (Å²) in [6.07, 6.45) is 1.49. The Morgan fingerprint density at radius 2 is 1.44 bits per heavy atom. The number of halogens is 1. The highest BCUT2D eigenvalue weighted by atomic mass is 35.5. The maximum atomic E-state index is 14.1. The van der Waals surface area contributed by atoms with E-state index in [0.717, 1.165) is 28.0 Å². The molecule has 3 aliphatic rings. The van der Waals surface area contributed by atoms with Crippen LogP contribution in [-0.2, 0) is 32.3 Å². The van der Waals surface area contributed by atoms with Crippen molar-refractivity contribution in [1.29, 1.82) is 0 Å². The first-order valence-corrected chi connectivity index (χ1v) is 22.1. The van der Waals surface area contributed by atoms with Gasteiger partial charge in [0.05, 0.1) is 47.3 Å². The number of hydrogen-bond donors (Lipinski definition) is 1. The van der Waals surface area contributed by atoms with Crippen molar-refractivity contribution in [2.45, 2.75) is 55.2 Å². The molecule has 3 amide bonds. The third kappa shape index (κ3) is 9.53. The lowest BCUT2D eigenvalue weighted by molar-refractivity contribution is -0.163. The minimum atomic E-state index is -1.01. The first-order chi connectivity index (χ1) is 31.0. The fraction of sp³-hybridized carbons (Fsp3) is 0.286. The Morgan fingerprint density at radius 1 is 0.844 bits per heavy atom. The summed E-state index contributed by atoms with van der Waals surface area (Å²) >= 11 is 8.40. The summed E-state index contributed by atoms with van der Waals surface area (Å²) in [5.41, 5.74) is 6.15. The van der Waals surface area contributed by atoms with Crippen LogP contribution in [0.15, 0.2) is 126 Å². The van der Waals surface area contributed by atoms with Crippen molar-refractivity contribution < 1.29 is 42.9 Å². The van der Waals surface area contributed by atoms with Gasteiger partial charge in [-0.05, 0) is 72.0 Å². The Labute approximate surface area is 380 Å². The molecule has 3 fully saturated rings. The van der Waals surface area contributed by atoms with E-state index in [1.165, 1.54) is 18.0 Å². The van der Waals surface area contributed by atoms with Crippen molar-refractivity contribution in [3.63, 3.8) is 0 Å². The second-order valence-electron chi connectivity index (χ2n) is 15.8. The number of β-lactam (4-membered cyclic amide) rings is 1. The monoisotopic (exact) mass is 902 g/mol. The van der Waals surface area contributed by atoms with E-state index in [1.807, 2.05) is 116 Å². The third-order valence-corrected chi connectivity index (χ3v) is 13.4. The normalized spacial score (nSPS) is 20.1. The summed E-state index contributed by atoms with van der Waals surface area (Å²) in [6, 6.07) is 36.0. The van der Waals surface area contributed by atoms with Gasteiger partial charge in [0, 0.05) is 19.3 Å². The molecule has 3 saturated heterocycles. The van der Waals surface area contributed by atoms with Crippen LogP contribution in [0.3, 0.4) is 0 Å². The van der Waals surface area contributed by atoms with Gasteiger partial charge in [0.2, 0.25) is 11.8 Å². The largest absolute Gasteiger partial charge is 0.497 e. The quantitative estimate of drug-likeness (QED) is 0.0450. The maximum absolute atomic E-state index is 14.1. The summed E-state index contributed by atoms with van der Waals surface area (Å²) < 4.78 is 28.2. The van der Waals surface area contributed by atoms with Gasteiger partial charge in [-0.3, -0.25) is 14.4 Å². The van der Waals surface area contributed by atoms with Crippen LogP contribution in [-0.4, -0.2) is 83.2 Å². The van der Waals surface area contributed by atoms with Crippen LogP contribution >= 0.6 is 23.4 Å². The van der Waals surface area contributed by atoms with Crippen LogP contribution in [0.5, 0.6) is 23.0 Å². The Balaban J connectivity index is 0.933. The van der Waals surface area contributed by atoms with Crippen LogP contribution in [0.4, 0.5) is 0 Å². The molecule has 5 aromatic rings. The average Bonchev–Trinajstić information content (AvgIpc) is 3.91. The first-order valence-electron chi connectivity index (χ1n) is 20.8. The van der Waals surface area contributed by atoms with Crippen LogP contribution in [0.1, 0.15) is 58.5 Å². The molecule has 0 spiro atoms. The highest BCUT2D eigenvalue weighted by molar-refractivity contribution is 8.02. The van der Waals surface area contributed by atoms with Crippen molar-refractivity contribution in [2.75, 3.05) is 27.3 Å². The molecule has 0 aliphatic carbocycles. The summed E-state index contributed by atoms with van der Waals surface area (Å²) in [7, 11) is 3.20. The topological polar surface area (TPSA) is 145 Å². The lowest BCUT2D eigenvalue weighted by atomic mass is 9.96. The van der Waals surface area contributed by atoms with Crippen LogP contribution in [0.25, 0.3) is 0 Å². The average molecular weight is 903 g/mol. The van der Waals surface area contributed by atoms with E-state index in [2.05, 4.69) is 10.5 Å². The van der Waals surface area contributed by atoms with Gasteiger partial charge in [-0.2, -0.15) is 5.10 Å². The summed E-state index contributed by atoms with van der Waals surface area (Å²) in [4.78, 5) is 57.7. The van der Waals surface area contributed by atoms with Crippen molar-refractivity contribution in [3.05, 3.63) is 154 Å². The van der Waals surface area contributed by atoms with E-state index in [0.29, 0.717) is 24.5 Å². The van der Waals surface area contributed by atoms with E-state index in [4.69, 9.17) is 35.3 Å². The molecule has 64 heavy (non-hydrogen) atoms. The number of ether oxygens (including phenoxy) is 5. The molecule has 0 bridgehead atoms. The number of likely N-dealkylation sites (tertiary alicyclic amines) is 1. The number of rotatable bonds is 16. The molecule has 0 saturated carbocycles. The number of hydrazone groups is 1. The van der Waals surface area contributed by atoms with Gasteiger partial charge in [-0.1, -0.05) is 96.5 Å². The number of nitrogens with zero attached hydrogens (tertiary/aromatic N) is 3. The van der Waals surface area contributed by atoms with Crippen LogP contribution in [0, 0.1) is 5.92 Å². The van der Waals surface area contributed by atoms with Gasteiger partial charge in [0.15, 0.2) is 17.6 Å². The SMILES string of the molecule is COc1ccc(COc2ccc(C(=O)N3CCC(C(=O)N/N=C/C4(C)S[C@@H]5CC(=O)N5[C@H]4C(=O)OC(c4ccccc4)c4ccccc4)C3)c(Cl)c2OCc2ccc(OC)cc2)cc1. The number of carbonyl (C=O) groups is 4. The number of benzene rings is 5. The number of fused-ring (bicyclic) bond motifs is 1. The number of amides is 3. The number of hydrogen-bond acceptors (Lipinski definition) is 11. The summed E-state index contributed by atoms with van der Waals surface area (Å²) in [5, 5.41) is 4.18. The van der Waals surface area contributed by atoms with Crippen molar-refractivity contribution in [3.8, 4) is 23.0 Å². The zero-order chi connectivity index (χ0) is 44.8. The minimum absolute atomic E-state index is 0.0840. The predicted octanol–water partition coefficient (Wildman–Crippen LogP) is 7.84. The highest BCUT2D eigenvalue weighted by Gasteiger charge is 2.61. The molecule has 0 radical (unpaired) electrons. The van der Waals surface area contributed by atoms with Gasteiger partial charge >= 0.3 is 5.97 Å². The molecule has 330 valence electrons. The zero-order valence-corrected chi connectivity index (χ0v) is 37.1. The second-order valence-corrected chi connectivity index (χ2v) is 17.8. The van der Waals surface area contributed by atoms with Gasteiger partial charge in [0.1, 0.15) is 30.8 Å². The number of esters is 1. The molecule has 5 aromatic carbocycles. The minimum Gasteiger partial charge on any atom is -0.497 e. The number of thioether (sulfide) groups is 1. The molecular weight excluding hydrogens is 856 g/mol. The van der Waals surface area contributed by atoms with E-state index in [1.54, 1.807) is 36.2 Å². The van der Waals surface area contributed by atoms with E-state index < -0.39 is 28.8 Å². The predicted molar refractivity (Wildman–Crippen MR) is 243 cm³/mol. The number of carbonyl (C=O) groups excluding carboxylic acids is 4. The smallest absolute Gasteiger partial charge is 0.331 e. The molecule has 3 aliphatic heterocycles. The molecule has 3 heterocycles. The third-order valence-electron chi connectivity index (χ3n) is 11.5.